The molecule has 0 aliphatic heterocycles. The van der Waals surface area contributed by atoms with E-state index in [-0.39, 0.29) is 12.5 Å². The van der Waals surface area contributed by atoms with Crippen molar-refractivity contribution in [1.82, 2.24) is 4.98 Å². The molecule has 1 heterocycles. The van der Waals surface area contributed by atoms with Gasteiger partial charge in [0.15, 0.2) is 0 Å². The van der Waals surface area contributed by atoms with Crippen LogP contribution in [-0.4, -0.2) is 16.4 Å². The van der Waals surface area contributed by atoms with Crippen molar-refractivity contribution >= 4 is 6.21 Å². The normalized spacial score (nSPS) is 11.9. The minimum absolute atomic E-state index is 0.142. The van der Waals surface area contributed by atoms with Gasteiger partial charge >= 0.3 is 6.18 Å². The molecule has 0 radical (unpaired) electrons. The lowest BCUT2D eigenvalue weighted by molar-refractivity contribution is -0.137. The van der Waals surface area contributed by atoms with Gasteiger partial charge in [0.05, 0.1) is 11.8 Å². The van der Waals surface area contributed by atoms with Gasteiger partial charge in [-0.25, -0.2) is 4.98 Å². The van der Waals surface area contributed by atoms with Gasteiger partial charge < -0.3 is 14.4 Å². The summed E-state index contributed by atoms with van der Waals surface area (Å²) < 4.78 is 49.1. The highest BCUT2D eigenvalue weighted by Gasteiger charge is 2.30. The lowest BCUT2D eigenvalue weighted by Crippen LogP contribution is -2.04. The Labute approximate surface area is 152 Å². The summed E-state index contributed by atoms with van der Waals surface area (Å²) in [5.74, 6) is 1.34. The average Bonchev–Trinajstić information content (AvgIpc) is 3.02. The van der Waals surface area contributed by atoms with Crippen molar-refractivity contribution in [3.05, 3.63) is 71.1 Å². The number of benzene rings is 2. The Bertz CT molecular complexity index is 930. The topological polar surface area (TPSA) is 67.9 Å². The van der Waals surface area contributed by atoms with Gasteiger partial charge in [0.2, 0.25) is 5.89 Å². The molecule has 0 amide bonds. The molecule has 5 nitrogen and oxygen atoms in total. The fourth-order valence-corrected chi connectivity index (χ4v) is 2.36. The van der Waals surface area contributed by atoms with Gasteiger partial charge in [0, 0.05) is 5.56 Å². The molecule has 3 aromatic rings. The number of alkyl halides is 3. The van der Waals surface area contributed by atoms with E-state index >= 15 is 0 Å². The molecule has 27 heavy (non-hydrogen) atoms. The van der Waals surface area contributed by atoms with Gasteiger partial charge in [-0.2, -0.15) is 13.2 Å². The van der Waals surface area contributed by atoms with Crippen LogP contribution in [0.2, 0.25) is 0 Å². The van der Waals surface area contributed by atoms with Crippen LogP contribution in [0.15, 0.2) is 58.1 Å². The predicted molar refractivity (Wildman–Crippen MR) is 91.8 cm³/mol. The molecule has 0 aliphatic carbocycles. The summed E-state index contributed by atoms with van der Waals surface area (Å²) >= 11 is 0. The standard InChI is InChI=1S/C19H15F3N2O3/c1-12-17(11-26-16-8-2-13(3-9-16)10-23-25)24-18(27-12)14-4-6-15(7-5-14)19(20,21)22/h2-10,25H,11H2,1H3/b23-10+. The first-order valence-corrected chi connectivity index (χ1v) is 7.91. The van der Waals surface area contributed by atoms with E-state index in [9.17, 15) is 13.2 Å². The third kappa shape index (κ3) is 4.46. The van der Waals surface area contributed by atoms with E-state index in [1.807, 2.05) is 0 Å². The summed E-state index contributed by atoms with van der Waals surface area (Å²) in [5.41, 5.74) is 0.982. The number of nitrogens with zero attached hydrogens (tertiary/aromatic N) is 2. The molecule has 2 aromatic carbocycles. The molecular weight excluding hydrogens is 361 g/mol. The summed E-state index contributed by atoms with van der Waals surface area (Å²) in [6.07, 6.45) is -3.09. The first kappa shape index (κ1) is 18.5. The molecule has 8 heteroatoms. The largest absolute Gasteiger partial charge is 0.487 e. The maximum absolute atomic E-state index is 12.6. The molecule has 0 aliphatic rings. The lowest BCUT2D eigenvalue weighted by atomic mass is 10.1. The lowest BCUT2D eigenvalue weighted by Gasteiger charge is -2.06. The second-order valence-corrected chi connectivity index (χ2v) is 5.70. The molecule has 1 N–H and O–H groups in total. The van der Waals surface area contributed by atoms with Crippen molar-refractivity contribution in [2.45, 2.75) is 19.7 Å². The highest BCUT2D eigenvalue weighted by Crippen LogP contribution is 2.31. The molecule has 140 valence electrons. The average molecular weight is 376 g/mol. The number of hydrogen-bond acceptors (Lipinski definition) is 5. The molecule has 0 saturated heterocycles. The van der Waals surface area contributed by atoms with Crippen LogP contribution in [0.1, 0.15) is 22.6 Å². The molecule has 0 fully saturated rings. The number of oxazole rings is 1. The molecule has 1 aromatic heterocycles. The number of halogens is 3. The van der Waals surface area contributed by atoms with Crippen molar-refractivity contribution in [2.24, 2.45) is 5.16 Å². The SMILES string of the molecule is Cc1oc(-c2ccc(C(F)(F)F)cc2)nc1COc1ccc(/C=N/O)cc1. The Morgan fingerprint density at radius 3 is 2.37 bits per heavy atom. The minimum Gasteiger partial charge on any atom is -0.487 e. The van der Waals surface area contributed by atoms with Crippen molar-refractivity contribution in [2.75, 3.05) is 0 Å². The summed E-state index contributed by atoms with van der Waals surface area (Å²) in [6, 6.07) is 11.5. The van der Waals surface area contributed by atoms with Gasteiger partial charge in [-0.1, -0.05) is 5.16 Å². The molecule has 0 saturated carbocycles. The van der Waals surface area contributed by atoms with Crippen LogP contribution < -0.4 is 4.74 Å². The Morgan fingerprint density at radius 2 is 1.78 bits per heavy atom. The van der Waals surface area contributed by atoms with Crippen molar-refractivity contribution in [3.63, 3.8) is 0 Å². The van der Waals surface area contributed by atoms with Crippen molar-refractivity contribution in [3.8, 4) is 17.2 Å². The Balaban J connectivity index is 1.71. The van der Waals surface area contributed by atoms with E-state index in [0.29, 0.717) is 28.3 Å². The Morgan fingerprint density at radius 1 is 1.11 bits per heavy atom. The third-order valence-electron chi connectivity index (χ3n) is 3.81. The van der Waals surface area contributed by atoms with Crippen LogP contribution in [-0.2, 0) is 12.8 Å². The van der Waals surface area contributed by atoms with E-state index in [4.69, 9.17) is 14.4 Å². The number of hydrogen-bond donors (Lipinski definition) is 1. The van der Waals surface area contributed by atoms with E-state index in [1.165, 1.54) is 18.3 Å². The van der Waals surface area contributed by atoms with Crippen LogP contribution in [0.3, 0.4) is 0 Å². The molecule has 3 rings (SSSR count). The van der Waals surface area contributed by atoms with Gasteiger partial charge in [0.1, 0.15) is 23.8 Å². The van der Waals surface area contributed by atoms with E-state index in [1.54, 1.807) is 31.2 Å². The van der Waals surface area contributed by atoms with Crippen LogP contribution in [0, 0.1) is 6.92 Å². The van der Waals surface area contributed by atoms with Crippen LogP contribution in [0.4, 0.5) is 13.2 Å². The summed E-state index contributed by atoms with van der Waals surface area (Å²) in [6.45, 7) is 1.85. The first-order valence-electron chi connectivity index (χ1n) is 7.91. The quantitative estimate of drug-likeness (QED) is 0.384. The molecular formula is C19H15F3N2O3. The van der Waals surface area contributed by atoms with Gasteiger partial charge in [0.25, 0.3) is 0 Å². The van der Waals surface area contributed by atoms with Gasteiger partial charge in [-0.15, -0.1) is 0 Å². The summed E-state index contributed by atoms with van der Waals surface area (Å²) in [7, 11) is 0. The monoisotopic (exact) mass is 376 g/mol. The van der Waals surface area contributed by atoms with Crippen LogP contribution >= 0.6 is 0 Å². The maximum atomic E-state index is 12.6. The van der Waals surface area contributed by atoms with Crippen LogP contribution in [0.25, 0.3) is 11.5 Å². The van der Waals surface area contributed by atoms with E-state index in [0.717, 1.165) is 12.1 Å². The number of aromatic nitrogens is 1. The highest BCUT2D eigenvalue weighted by atomic mass is 19.4. The van der Waals surface area contributed by atoms with E-state index < -0.39 is 11.7 Å². The number of rotatable bonds is 5. The molecule has 0 atom stereocenters. The highest BCUT2D eigenvalue weighted by molar-refractivity contribution is 5.79. The summed E-state index contributed by atoms with van der Waals surface area (Å²) in [5, 5.41) is 11.4. The fourth-order valence-electron chi connectivity index (χ4n) is 2.36. The smallest absolute Gasteiger partial charge is 0.416 e. The van der Waals surface area contributed by atoms with Gasteiger partial charge in [-0.3, -0.25) is 0 Å². The second-order valence-electron chi connectivity index (χ2n) is 5.70. The number of oxime groups is 1. The van der Waals surface area contributed by atoms with Crippen molar-refractivity contribution in [1.29, 1.82) is 0 Å². The number of ether oxygens (including phenoxy) is 1. The zero-order valence-electron chi connectivity index (χ0n) is 14.2. The van der Waals surface area contributed by atoms with Crippen molar-refractivity contribution < 1.29 is 27.5 Å². The maximum Gasteiger partial charge on any atom is 0.416 e. The third-order valence-corrected chi connectivity index (χ3v) is 3.81. The first-order chi connectivity index (χ1) is 12.9. The molecule has 0 unspecified atom stereocenters. The molecule has 0 bridgehead atoms. The van der Waals surface area contributed by atoms with Crippen LogP contribution in [0.5, 0.6) is 5.75 Å². The minimum atomic E-state index is -4.39. The van der Waals surface area contributed by atoms with E-state index in [2.05, 4.69) is 10.1 Å². The van der Waals surface area contributed by atoms with Gasteiger partial charge in [-0.05, 0) is 61.0 Å². The number of aryl methyl sites for hydroxylation is 1. The fraction of sp³-hybridized carbons (Fsp3) is 0.158. The predicted octanol–water partition coefficient (Wildman–Crippen LogP) is 5.06. The Kier molecular flexibility index (Phi) is 5.16. The zero-order chi connectivity index (χ0) is 19.4. The molecule has 0 spiro atoms. The summed E-state index contributed by atoms with van der Waals surface area (Å²) in [4.78, 5) is 4.31. The zero-order valence-corrected chi connectivity index (χ0v) is 14.2. The Hall–Kier alpha value is -3.29. The second kappa shape index (κ2) is 7.53.